The molecule has 5 nitrogen and oxygen atoms in total. The van der Waals surface area contributed by atoms with Crippen molar-refractivity contribution in [2.45, 2.75) is 19.9 Å². The van der Waals surface area contributed by atoms with Gasteiger partial charge in [-0.1, -0.05) is 0 Å². The molecule has 2 heterocycles. The van der Waals surface area contributed by atoms with Crippen LogP contribution in [0.1, 0.15) is 21.5 Å². The Morgan fingerprint density at radius 1 is 1.65 bits per heavy atom. The van der Waals surface area contributed by atoms with Gasteiger partial charge < -0.3 is 16.0 Å². The molecule has 1 aliphatic rings. The minimum Gasteiger partial charge on any atom is -0.398 e. The third-order valence-electron chi connectivity index (χ3n) is 2.93. The van der Waals surface area contributed by atoms with Crippen LogP contribution in [0.25, 0.3) is 0 Å². The minimum atomic E-state index is -0.417. The number of nitrogens with zero attached hydrogens (tertiary/aromatic N) is 1. The molecule has 0 radical (unpaired) electrons. The first-order chi connectivity index (χ1) is 8.00. The molecule has 1 aliphatic heterocycles. The first-order valence-electron chi connectivity index (χ1n) is 5.45. The van der Waals surface area contributed by atoms with E-state index in [0.717, 1.165) is 4.88 Å². The van der Waals surface area contributed by atoms with Gasteiger partial charge >= 0.3 is 0 Å². The van der Waals surface area contributed by atoms with Crippen LogP contribution in [0, 0.1) is 6.92 Å². The largest absolute Gasteiger partial charge is 0.398 e. The number of rotatable bonds is 1. The Morgan fingerprint density at radius 3 is 2.94 bits per heavy atom. The van der Waals surface area contributed by atoms with E-state index in [4.69, 9.17) is 5.73 Å². The van der Waals surface area contributed by atoms with Crippen LogP contribution in [0.15, 0.2) is 6.07 Å². The van der Waals surface area contributed by atoms with Crippen molar-refractivity contribution in [3.8, 4) is 0 Å². The Bertz CT molecular complexity index is 450. The van der Waals surface area contributed by atoms with E-state index in [0.29, 0.717) is 23.7 Å². The molecule has 0 bridgehead atoms. The number of carbonyl (C=O) groups is 2. The normalized spacial score (nSPS) is 20.2. The second-order valence-corrected chi connectivity index (χ2v) is 5.34. The highest BCUT2D eigenvalue weighted by atomic mass is 32.1. The maximum absolute atomic E-state index is 12.2. The number of nitrogens with one attached hydrogen (secondary N) is 1. The van der Waals surface area contributed by atoms with Crippen molar-refractivity contribution in [3.05, 3.63) is 15.8 Å². The quantitative estimate of drug-likeness (QED) is 0.769. The van der Waals surface area contributed by atoms with E-state index < -0.39 is 6.04 Å². The van der Waals surface area contributed by atoms with Crippen LogP contribution in [0.3, 0.4) is 0 Å². The first kappa shape index (κ1) is 11.9. The van der Waals surface area contributed by atoms with E-state index in [1.807, 2.05) is 6.92 Å². The molecule has 0 spiro atoms. The van der Waals surface area contributed by atoms with Crippen molar-refractivity contribution in [2.24, 2.45) is 0 Å². The molecule has 92 valence electrons. The molecular weight excluding hydrogens is 238 g/mol. The van der Waals surface area contributed by atoms with Crippen molar-refractivity contribution in [1.82, 2.24) is 10.2 Å². The van der Waals surface area contributed by atoms with Gasteiger partial charge in [-0.3, -0.25) is 9.59 Å². The maximum atomic E-state index is 12.2. The van der Waals surface area contributed by atoms with E-state index in [1.165, 1.54) is 11.3 Å². The molecule has 2 amide bonds. The van der Waals surface area contributed by atoms with Crippen LogP contribution in [-0.4, -0.2) is 35.8 Å². The smallest absolute Gasteiger partial charge is 0.264 e. The Balaban J connectivity index is 2.22. The second kappa shape index (κ2) is 4.37. The highest BCUT2D eigenvalue weighted by Gasteiger charge is 2.30. The summed E-state index contributed by atoms with van der Waals surface area (Å²) >= 11 is 1.37. The van der Waals surface area contributed by atoms with Crippen molar-refractivity contribution >= 4 is 28.8 Å². The standard InChI is InChI=1S/C11H15N3O2S/c1-6-10(15)13-3-4-14(6)11(16)9-5-8(12)7(2)17-9/h5-6H,3-4,12H2,1-2H3,(H,13,15). The predicted octanol–water partition coefficient (Wildman–Crippen LogP) is 0.599. The average Bonchev–Trinajstić information content (AvgIpc) is 2.62. The van der Waals surface area contributed by atoms with Crippen molar-refractivity contribution in [2.75, 3.05) is 18.8 Å². The van der Waals surface area contributed by atoms with Crippen molar-refractivity contribution < 1.29 is 9.59 Å². The number of hydrogen-bond donors (Lipinski definition) is 2. The van der Waals surface area contributed by atoms with Gasteiger partial charge in [0.1, 0.15) is 6.04 Å². The van der Waals surface area contributed by atoms with Gasteiger partial charge in [0.05, 0.1) is 4.88 Å². The summed E-state index contributed by atoms with van der Waals surface area (Å²) in [7, 11) is 0. The number of nitrogens with two attached hydrogens (primary N) is 1. The van der Waals surface area contributed by atoms with Gasteiger partial charge in [0.15, 0.2) is 0 Å². The third-order valence-corrected chi connectivity index (χ3v) is 3.98. The Kier molecular flexibility index (Phi) is 3.06. The van der Waals surface area contributed by atoms with Gasteiger partial charge in [-0.2, -0.15) is 0 Å². The Hall–Kier alpha value is -1.56. The molecule has 0 saturated carbocycles. The summed E-state index contributed by atoms with van der Waals surface area (Å²) in [5.41, 5.74) is 6.36. The molecule has 1 aromatic heterocycles. The summed E-state index contributed by atoms with van der Waals surface area (Å²) in [6, 6.07) is 1.27. The summed E-state index contributed by atoms with van der Waals surface area (Å²) in [5.74, 6) is -0.219. The highest BCUT2D eigenvalue weighted by Crippen LogP contribution is 2.25. The molecule has 1 fully saturated rings. The lowest BCUT2D eigenvalue weighted by Gasteiger charge is -2.32. The molecule has 1 unspecified atom stereocenters. The third kappa shape index (κ3) is 2.12. The van der Waals surface area contributed by atoms with E-state index in [2.05, 4.69) is 5.32 Å². The monoisotopic (exact) mass is 253 g/mol. The van der Waals surface area contributed by atoms with E-state index in [9.17, 15) is 9.59 Å². The molecule has 1 aromatic rings. The van der Waals surface area contributed by atoms with Gasteiger partial charge in [-0.15, -0.1) is 11.3 Å². The van der Waals surface area contributed by atoms with Crippen LogP contribution in [0.2, 0.25) is 0 Å². The summed E-state index contributed by atoms with van der Waals surface area (Å²) in [5, 5.41) is 2.73. The summed E-state index contributed by atoms with van der Waals surface area (Å²) < 4.78 is 0. The fourth-order valence-electron chi connectivity index (χ4n) is 1.80. The number of thiophene rings is 1. The topological polar surface area (TPSA) is 75.4 Å². The number of aryl methyl sites for hydroxylation is 1. The number of nitrogen functional groups attached to an aromatic ring is 1. The average molecular weight is 253 g/mol. The molecule has 1 atom stereocenters. The lowest BCUT2D eigenvalue weighted by atomic mass is 10.2. The summed E-state index contributed by atoms with van der Waals surface area (Å²) in [4.78, 5) is 26.8. The van der Waals surface area contributed by atoms with Gasteiger partial charge in [0.25, 0.3) is 5.91 Å². The zero-order valence-corrected chi connectivity index (χ0v) is 10.6. The Labute approximate surface area is 104 Å². The molecular formula is C11H15N3O2S. The zero-order chi connectivity index (χ0) is 12.6. The van der Waals surface area contributed by atoms with Crippen LogP contribution in [-0.2, 0) is 4.79 Å². The maximum Gasteiger partial charge on any atom is 0.264 e. The molecule has 6 heteroatoms. The molecule has 0 aromatic carbocycles. The van der Waals surface area contributed by atoms with E-state index in [1.54, 1.807) is 17.9 Å². The van der Waals surface area contributed by atoms with E-state index >= 15 is 0 Å². The number of anilines is 1. The van der Waals surface area contributed by atoms with Crippen LogP contribution in [0.5, 0.6) is 0 Å². The Morgan fingerprint density at radius 2 is 2.35 bits per heavy atom. The fourth-order valence-corrected chi connectivity index (χ4v) is 2.70. The summed E-state index contributed by atoms with van der Waals surface area (Å²) in [6.07, 6.45) is 0. The lowest BCUT2D eigenvalue weighted by molar-refractivity contribution is -0.127. The van der Waals surface area contributed by atoms with Crippen molar-refractivity contribution in [1.29, 1.82) is 0 Å². The lowest BCUT2D eigenvalue weighted by Crippen LogP contribution is -2.55. The van der Waals surface area contributed by atoms with Crippen LogP contribution < -0.4 is 11.1 Å². The number of piperazine rings is 1. The number of carbonyl (C=O) groups excluding carboxylic acids is 2. The van der Waals surface area contributed by atoms with Crippen molar-refractivity contribution in [3.63, 3.8) is 0 Å². The van der Waals surface area contributed by atoms with Gasteiger partial charge in [-0.05, 0) is 19.9 Å². The molecule has 2 rings (SSSR count). The van der Waals surface area contributed by atoms with Gasteiger partial charge in [-0.25, -0.2) is 0 Å². The number of hydrogen-bond acceptors (Lipinski definition) is 4. The fraction of sp³-hybridized carbons (Fsp3) is 0.455. The molecule has 0 aliphatic carbocycles. The number of amides is 2. The second-order valence-electron chi connectivity index (χ2n) is 4.09. The molecule has 17 heavy (non-hydrogen) atoms. The molecule has 3 N–H and O–H groups in total. The molecule has 1 saturated heterocycles. The predicted molar refractivity (Wildman–Crippen MR) is 67.0 cm³/mol. The summed E-state index contributed by atoms with van der Waals surface area (Å²) in [6.45, 7) is 4.66. The van der Waals surface area contributed by atoms with Gasteiger partial charge in [0.2, 0.25) is 5.91 Å². The first-order valence-corrected chi connectivity index (χ1v) is 6.27. The highest BCUT2D eigenvalue weighted by molar-refractivity contribution is 7.14. The zero-order valence-electron chi connectivity index (χ0n) is 9.82. The van der Waals surface area contributed by atoms with Crippen LogP contribution in [0.4, 0.5) is 5.69 Å². The van der Waals surface area contributed by atoms with E-state index in [-0.39, 0.29) is 11.8 Å². The van der Waals surface area contributed by atoms with Gasteiger partial charge in [0, 0.05) is 23.7 Å². The van der Waals surface area contributed by atoms with Crippen LogP contribution >= 0.6 is 11.3 Å². The minimum absolute atomic E-state index is 0.106. The SMILES string of the molecule is Cc1sc(C(=O)N2CCNC(=O)C2C)cc1N.